The van der Waals surface area contributed by atoms with Crippen molar-refractivity contribution in [1.82, 2.24) is 9.97 Å². The quantitative estimate of drug-likeness (QED) is 0.184. The number of rotatable bonds is 6. The molecule has 0 saturated heterocycles. The molecule has 0 atom stereocenters. The standard InChI is InChI=1S/C43H45Br2N3/c1-25-35(21-27-17-29(42(3,4)5)23-31(44)19-27)33-13-9-11-15-37(33)47-40(25)39(46)41-26(2)36(34-14-10-12-16-38(34)48-41)22-28-18-30(43(6,7)8)24-32(45)20-28/h9-20,23-24,39H,21-22,46H2,1-8H3. The molecule has 0 aliphatic heterocycles. The zero-order valence-corrected chi connectivity index (χ0v) is 32.5. The maximum absolute atomic E-state index is 7.30. The molecule has 0 aliphatic carbocycles. The van der Waals surface area contributed by atoms with Crippen molar-refractivity contribution in [2.45, 2.75) is 85.1 Å². The van der Waals surface area contributed by atoms with E-state index in [0.29, 0.717) is 0 Å². The zero-order valence-electron chi connectivity index (χ0n) is 29.3. The lowest BCUT2D eigenvalue weighted by atomic mass is 9.84. The Kier molecular flexibility index (Phi) is 9.45. The van der Waals surface area contributed by atoms with Gasteiger partial charge in [-0.2, -0.15) is 0 Å². The summed E-state index contributed by atoms with van der Waals surface area (Å²) in [5.74, 6) is 0. The van der Waals surface area contributed by atoms with Crippen LogP contribution in [0.15, 0.2) is 93.9 Å². The van der Waals surface area contributed by atoms with E-state index in [1.807, 2.05) is 0 Å². The zero-order chi connectivity index (χ0) is 34.5. The number of nitrogens with zero attached hydrogens (tertiary/aromatic N) is 2. The van der Waals surface area contributed by atoms with Crippen molar-refractivity contribution in [3.63, 3.8) is 0 Å². The Morgan fingerprint density at radius 3 is 1.33 bits per heavy atom. The third-order valence-corrected chi connectivity index (χ3v) is 10.5. The molecule has 0 unspecified atom stereocenters. The summed E-state index contributed by atoms with van der Waals surface area (Å²) in [6, 6.07) is 30.0. The highest BCUT2D eigenvalue weighted by molar-refractivity contribution is 9.10. The monoisotopic (exact) mass is 761 g/mol. The van der Waals surface area contributed by atoms with E-state index in [0.717, 1.165) is 66.1 Å². The molecule has 0 amide bonds. The van der Waals surface area contributed by atoms with Crippen LogP contribution in [0.2, 0.25) is 0 Å². The van der Waals surface area contributed by atoms with Gasteiger partial charge < -0.3 is 5.73 Å². The summed E-state index contributed by atoms with van der Waals surface area (Å²) >= 11 is 7.58. The first kappa shape index (κ1) is 34.5. The van der Waals surface area contributed by atoms with Crippen LogP contribution >= 0.6 is 31.9 Å². The Bertz CT molecular complexity index is 2010. The van der Waals surface area contributed by atoms with Crippen molar-refractivity contribution in [1.29, 1.82) is 0 Å². The van der Waals surface area contributed by atoms with Crippen molar-refractivity contribution in [3.8, 4) is 0 Å². The van der Waals surface area contributed by atoms with E-state index in [4.69, 9.17) is 15.7 Å². The molecule has 2 N–H and O–H groups in total. The van der Waals surface area contributed by atoms with Gasteiger partial charge in [0.1, 0.15) is 0 Å². The van der Waals surface area contributed by atoms with Gasteiger partial charge in [0.25, 0.3) is 0 Å². The molecule has 3 nitrogen and oxygen atoms in total. The Morgan fingerprint density at radius 2 is 0.958 bits per heavy atom. The van der Waals surface area contributed by atoms with Crippen molar-refractivity contribution in [2.24, 2.45) is 5.73 Å². The molecule has 0 aliphatic rings. The second-order valence-corrected chi connectivity index (χ2v) is 17.1. The second kappa shape index (κ2) is 13.2. The number of nitrogens with two attached hydrogens (primary N) is 1. The molecule has 2 heterocycles. The number of fused-ring (bicyclic) bond motifs is 2. The number of para-hydroxylation sites is 2. The number of pyridine rings is 2. The fourth-order valence-corrected chi connectivity index (χ4v) is 7.84. The highest BCUT2D eigenvalue weighted by atomic mass is 79.9. The Morgan fingerprint density at radius 1 is 0.583 bits per heavy atom. The largest absolute Gasteiger partial charge is 0.318 e. The molecule has 0 spiro atoms. The first-order valence-corrected chi connectivity index (χ1v) is 18.3. The summed E-state index contributed by atoms with van der Waals surface area (Å²) in [4.78, 5) is 10.5. The van der Waals surface area contributed by atoms with Crippen molar-refractivity contribution in [2.75, 3.05) is 0 Å². The van der Waals surface area contributed by atoms with E-state index in [2.05, 4.69) is 172 Å². The molecule has 6 rings (SSSR count). The summed E-state index contributed by atoms with van der Waals surface area (Å²) in [6.45, 7) is 17.9. The van der Waals surface area contributed by atoms with Gasteiger partial charge in [-0.15, -0.1) is 0 Å². The third-order valence-electron chi connectivity index (χ3n) is 9.61. The Hall–Kier alpha value is -3.38. The lowest BCUT2D eigenvalue weighted by Gasteiger charge is -2.24. The van der Waals surface area contributed by atoms with E-state index in [9.17, 15) is 0 Å². The molecule has 0 fully saturated rings. The van der Waals surface area contributed by atoms with E-state index < -0.39 is 6.04 Å². The van der Waals surface area contributed by atoms with Crippen LogP contribution in [0.5, 0.6) is 0 Å². The minimum absolute atomic E-state index is 0.0442. The van der Waals surface area contributed by atoms with Crippen LogP contribution in [0.4, 0.5) is 0 Å². The summed E-state index contributed by atoms with van der Waals surface area (Å²) in [7, 11) is 0. The van der Waals surface area contributed by atoms with E-state index in [1.165, 1.54) is 33.4 Å². The predicted molar refractivity (Wildman–Crippen MR) is 210 cm³/mol. The number of hydrogen-bond donors (Lipinski definition) is 1. The molecule has 2 aromatic heterocycles. The first-order valence-electron chi connectivity index (χ1n) is 16.7. The van der Waals surface area contributed by atoms with Crippen LogP contribution in [0, 0.1) is 13.8 Å². The first-order chi connectivity index (χ1) is 22.6. The average molecular weight is 764 g/mol. The minimum atomic E-state index is -0.489. The van der Waals surface area contributed by atoms with Gasteiger partial charge in [-0.25, -0.2) is 0 Å². The molecule has 0 bridgehead atoms. The van der Waals surface area contributed by atoms with Crippen molar-refractivity contribution >= 4 is 53.7 Å². The molecule has 6 aromatic rings. The number of benzene rings is 4. The predicted octanol–water partition coefficient (Wildman–Crippen LogP) is 11.7. The van der Waals surface area contributed by atoms with Gasteiger partial charge in [0.15, 0.2) is 0 Å². The molecule has 0 saturated carbocycles. The molecule has 5 heteroatoms. The van der Waals surface area contributed by atoms with Gasteiger partial charge in [0.05, 0.1) is 28.5 Å². The van der Waals surface area contributed by atoms with Crippen LogP contribution in [-0.4, -0.2) is 9.97 Å². The molecule has 246 valence electrons. The summed E-state index contributed by atoms with van der Waals surface area (Å²) < 4.78 is 2.20. The van der Waals surface area contributed by atoms with E-state index >= 15 is 0 Å². The molecular weight excluding hydrogens is 718 g/mol. The van der Waals surface area contributed by atoms with Crippen molar-refractivity contribution < 1.29 is 0 Å². The van der Waals surface area contributed by atoms with Crippen LogP contribution in [0.25, 0.3) is 21.8 Å². The number of hydrogen-bond acceptors (Lipinski definition) is 3. The van der Waals surface area contributed by atoms with Gasteiger partial charge in [-0.05, 0) is 118 Å². The Labute approximate surface area is 302 Å². The van der Waals surface area contributed by atoms with Crippen LogP contribution in [-0.2, 0) is 23.7 Å². The fourth-order valence-electron chi connectivity index (χ4n) is 6.76. The molecular formula is C43H45Br2N3. The van der Waals surface area contributed by atoms with Crippen molar-refractivity contribution in [3.05, 3.63) is 150 Å². The highest BCUT2D eigenvalue weighted by Gasteiger charge is 2.25. The highest BCUT2D eigenvalue weighted by Crippen LogP contribution is 2.36. The molecule has 0 radical (unpaired) electrons. The second-order valence-electron chi connectivity index (χ2n) is 15.3. The number of aromatic nitrogens is 2. The van der Waals surface area contributed by atoms with Crippen LogP contribution in [0.3, 0.4) is 0 Å². The van der Waals surface area contributed by atoms with Gasteiger partial charge in [-0.1, -0.05) is 122 Å². The maximum Gasteiger partial charge on any atom is 0.0906 e. The number of halogens is 2. The fraction of sp³-hybridized carbons (Fsp3) is 0.302. The Balaban J connectivity index is 1.49. The van der Waals surface area contributed by atoms with Gasteiger partial charge in [0, 0.05) is 19.7 Å². The van der Waals surface area contributed by atoms with E-state index in [1.54, 1.807) is 0 Å². The summed E-state index contributed by atoms with van der Waals surface area (Å²) in [5.41, 5.74) is 21.0. The third kappa shape index (κ3) is 7.01. The lowest BCUT2D eigenvalue weighted by molar-refractivity contribution is 0.589. The van der Waals surface area contributed by atoms with Crippen LogP contribution < -0.4 is 5.73 Å². The smallest absolute Gasteiger partial charge is 0.0906 e. The summed E-state index contributed by atoms with van der Waals surface area (Å²) in [5, 5.41) is 2.33. The minimum Gasteiger partial charge on any atom is -0.318 e. The lowest BCUT2D eigenvalue weighted by Crippen LogP contribution is -2.20. The SMILES string of the molecule is Cc1c(C(N)c2nc3ccccc3c(Cc3cc(Br)cc(C(C)(C)C)c3)c2C)nc2ccccc2c1Cc1cc(Br)cc(C(C)(C)C)c1. The topological polar surface area (TPSA) is 51.8 Å². The molecule has 48 heavy (non-hydrogen) atoms. The molecule has 4 aromatic carbocycles. The van der Waals surface area contributed by atoms with Gasteiger partial charge >= 0.3 is 0 Å². The normalized spacial score (nSPS) is 12.4. The van der Waals surface area contributed by atoms with Gasteiger partial charge in [0.2, 0.25) is 0 Å². The summed E-state index contributed by atoms with van der Waals surface area (Å²) in [6.07, 6.45) is 1.57. The van der Waals surface area contributed by atoms with E-state index in [-0.39, 0.29) is 10.8 Å². The maximum atomic E-state index is 7.30. The van der Waals surface area contributed by atoms with Gasteiger partial charge in [-0.3, -0.25) is 9.97 Å². The average Bonchev–Trinajstić information content (AvgIpc) is 3.02. The van der Waals surface area contributed by atoms with Crippen LogP contribution in [0.1, 0.15) is 103 Å².